The standard InChI is InChI=1S/C13H13F3N2O3/c1-8(19)9-6-10(4-3-5-17-12(20)21-2)18-11(7-9)13(14,15)16/h3-4,6-7H,5H2,1-2H3,(H,17,20)/b4-3+. The summed E-state index contributed by atoms with van der Waals surface area (Å²) >= 11 is 0. The molecule has 0 unspecified atom stereocenters. The Morgan fingerprint density at radius 2 is 2.05 bits per heavy atom. The third-order valence-electron chi connectivity index (χ3n) is 2.38. The molecule has 0 aliphatic carbocycles. The van der Waals surface area contributed by atoms with Gasteiger partial charge in [-0.2, -0.15) is 13.2 Å². The van der Waals surface area contributed by atoms with E-state index < -0.39 is 23.7 Å². The molecule has 0 saturated carbocycles. The highest BCUT2D eigenvalue weighted by molar-refractivity contribution is 5.94. The Labute approximate surface area is 118 Å². The number of carbonyl (C=O) groups is 2. The lowest BCUT2D eigenvalue weighted by atomic mass is 10.1. The van der Waals surface area contributed by atoms with E-state index in [9.17, 15) is 22.8 Å². The summed E-state index contributed by atoms with van der Waals surface area (Å²) < 4.78 is 42.4. The Hall–Kier alpha value is -2.38. The summed E-state index contributed by atoms with van der Waals surface area (Å²) in [6, 6.07) is 1.94. The molecule has 1 amide bonds. The van der Waals surface area contributed by atoms with Crippen molar-refractivity contribution in [2.45, 2.75) is 13.1 Å². The molecule has 114 valence electrons. The van der Waals surface area contributed by atoms with Crippen LogP contribution in [0, 0.1) is 0 Å². The molecule has 0 saturated heterocycles. The number of alkyl carbamates (subject to hydrolysis) is 1. The summed E-state index contributed by atoms with van der Waals surface area (Å²) in [6.45, 7) is 1.22. The van der Waals surface area contributed by atoms with E-state index in [-0.39, 0.29) is 17.8 Å². The third-order valence-corrected chi connectivity index (χ3v) is 2.38. The van der Waals surface area contributed by atoms with Crippen molar-refractivity contribution >= 4 is 18.0 Å². The van der Waals surface area contributed by atoms with Crippen LogP contribution in [0.4, 0.5) is 18.0 Å². The van der Waals surface area contributed by atoms with Crippen LogP contribution < -0.4 is 5.32 Å². The minimum atomic E-state index is -4.64. The van der Waals surface area contributed by atoms with Crippen molar-refractivity contribution in [3.05, 3.63) is 35.2 Å². The van der Waals surface area contributed by atoms with Gasteiger partial charge in [-0.3, -0.25) is 4.79 Å². The number of carbonyl (C=O) groups excluding carboxylic acids is 2. The maximum absolute atomic E-state index is 12.7. The Morgan fingerprint density at radius 1 is 1.38 bits per heavy atom. The van der Waals surface area contributed by atoms with Gasteiger partial charge in [0, 0.05) is 12.1 Å². The highest BCUT2D eigenvalue weighted by Crippen LogP contribution is 2.28. The number of aromatic nitrogens is 1. The highest BCUT2D eigenvalue weighted by Gasteiger charge is 2.33. The minimum absolute atomic E-state index is 0.0262. The maximum atomic E-state index is 12.7. The molecule has 0 atom stereocenters. The molecule has 0 bridgehead atoms. The molecule has 0 aliphatic heterocycles. The molecule has 1 aromatic heterocycles. The van der Waals surface area contributed by atoms with Gasteiger partial charge in [0.1, 0.15) is 5.69 Å². The number of methoxy groups -OCH3 is 1. The summed E-state index contributed by atoms with van der Waals surface area (Å²) in [6.07, 6.45) is -2.64. The second kappa shape index (κ2) is 6.87. The predicted molar refractivity (Wildman–Crippen MR) is 68.7 cm³/mol. The zero-order valence-corrected chi connectivity index (χ0v) is 11.3. The van der Waals surface area contributed by atoms with Gasteiger partial charge >= 0.3 is 12.3 Å². The summed E-state index contributed by atoms with van der Waals surface area (Å²) in [5.74, 6) is -0.495. The maximum Gasteiger partial charge on any atom is 0.433 e. The lowest BCUT2D eigenvalue weighted by Gasteiger charge is -2.08. The van der Waals surface area contributed by atoms with E-state index in [0.717, 1.165) is 0 Å². The quantitative estimate of drug-likeness (QED) is 0.868. The molecule has 21 heavy (non-hydrogen) atoms. The number of halogens is 3. The van der Waals surface area contributed by atoms with E-state index in [1.807, 2.05) is 0 Å². The lowest BCUT2D eigenvalue weighted by molar-refractivity contribution is -0.141. The molecule has 0 fully saturated rings. The monoisotopic (exact) mass is 302 g/mol. The fraction of sp³-hybridized carbons (Fsp3) is 0.308. The normalized spacial score (nSPS) is 11.5. The average molecular weight is 302 g/mol. The zero-order valence-electron chi connectivity index (χ0n) is 11.3. The molecular formula is C13H13F3N2O3. The highest BCUT2D eigenvalue weighted by atomic mass is 19.4. The molecule has 1 rings (SSSR count). The number of hydrogen-bond donors (Lipinski definition) is 1. The number of rotatable bonds is 4. The fourth-order valence-corrected chi connectivity index (χ4v) is 1.38. The van der Waals surface area contributed by atoms with Crippen LogP contribution >= 0.6 is 0 Å². The molecule has 1 aromatic rings. The van der Waals surface area contributed by atoms with E-state index in [0.29, 0.717) is 6.07 Å². The number of alkyl halides is 3. The van der Waals surface area contributed by atoms with Gasteiger partial charge in [-0.1, -0.05) is 6.08 Å². The van der Waals surface area contributed by atoms with Gasteiger partial charge in [-0.25, -0.2) is 9.78 Å². The molecule has 5 nitrogen and oxygen atoms in total. The van der Waals surface area contributed by atoms with Crippen molar-refractivity contribution in [3.8, 4) is 0 Å². The summed E-state index contributed by atoms with van der Waals surface area (Å²) in [4.78, 5) is 25.4. The number of pyridine rings is 1. The van der Waals surface area contributed by atoms with Crippen LogP contribution in [-0.4, -0.2) is 30.5 Å². The van der Waals surface area contributed by atoms with E-state index in [1.165, 1.54) is 32.3 Å². The summed E-state index contributed by atoms with van der Waals surface area (Å²) in [7, 11) is 1.19. The largest absolute Gasteiger partial charge is 0.453 e. The number of hydrogen-bond acceptors (Lipinski definition) is 4. The Bertz CT molecular complexity index is 568. The molecule has 0 radical (unpaired) electrons. The van der Waals surface area contributed by atoms with Crippen LogP contribution in [0.25, 0.3) is 6.08 Å². The molecule has 1 N–H and O–H groups in total. The number of nitrogens with one attached hydrogen (secondary N) is 1. The molecular weight excluding hydrogens is 289 g/mol. The first-order valence-electron chi connectivity index (χ1n) is 5.82. The van der Waals surface area contributed by atoms with Gasteiger partial charge in [-0.05, 0) is 25.1 Å². The first-order valence-corrected chi connectivity index (χ1v) is 5.82. The second-order valence-corrected chi connectivity index (χ2v) is 3.99. The van der Waals surface area contributed by atoms with Crippen molar-refractivity contribution in [3.63, 3.8) is 0 Å². The SMILES string of the molecule is COC(=O)NC/C=C/c1cc(C(C)=O)cc(C(F)(F)F)n1. The Kier molecular flexibility index (Phi) is 5.45. The topological polar surface area (TPSA) is 68.3 Å². The first kappa shape index (κ1) is 16.7. The zero-order chi connectivity index (χ0) is 16.0. The van der Waals surface area contributed by atoms with Crippen LogP contribution in [-0.2, 0) is 10.9 Å². The van der Waals surface area contributed by atoms with E-state index in [2.05, 4.69) is 15.0 Å². The average Bonchev–Trinajstić information content (AvgIpc) is 2.42. The molecule has 8 heteroatoms. The van der Waals surface area contributed by atoms with Gasteiger partial charge < -0.3 is 10.1 Å². The van der Waals surface area contributed by atoms with Crippen molar-refractivity contribution in [2.24, 2.45) is 0 Å². The van der Waals surface area contributed by atoms with Crippen molar-refractivity contribution in [2.75, 3.05) is 13.7 Å². The molecule has 0 aromatic carbocycles. The molecule has 1 heterocycles. The smallest absolute Gasteiger partial charge is 0.433 e. The second-order valence-electron chi connectivity index (χ2n) is 3.99. The van der Waals surface area contributed by atoms with Gasteiger partial charge in [0.2, 0.25) is 0 Å². The first-order chi connectivity index (χ1) is 9.74. The van der Waals surface area contributed by atoms with Crippen LogP contribution in [0.1, 0.15) is 28.7 Å². The van der Waals surface area contributed by atoms with Crippen molar-refractivity contribution in [1.29, 1.82) is 0 Å². The summed E-state index contributed by atoms with van der Waals surface area (Å²) in [5.41, 5.74) is -1.25. The van der Waals surface area contributed by atoms with Crippen LogP contribution in [0.3, 0.4) is 0 Å². The summed E-state index contributed by atoms with van der Waals surface area (Å²) in [5, 5.41) is 2.32. The van der Waals surface area contributed by atoms with Crippen LogP contribution in [0.15, 0.2) is 18.2 Å². The Balaban J connectivity index is 2.96. The van der Waals surface area contributed by atoms with Gasteiger partial charge in [0.15, 0.2) is 5.78 Å². The van der Waals surface area contributed by atoms with Crippen LogP contribution in [0.5, 0.6) is 0 Å². The third kappa shape index (κ3) is 5.25. The fourth-order valence-electron chi connectivity index (χ4n) is 1.38. The van der Waals surface area contributed by atoms with Crippen LogP contribution in [0.2, 0.25) is 0 Å². The van der Waals surface area contributed by atoms with Crippen molar-refractivity contribution < 1.29 is 27.5 Å². The van der Waals surface area contributed by atoms with Crippen molar-refractivity contribution in [1.82, 2.24) is 10.3 Å². The number of Topliss-reactive ketones (excluding diaryl/α,β-unsaturated/α-hetero) is 1. The number of ether oxygens (including phenoxy) is 1. The van der Waals surface area contributed by atoms with E-state index in [4.69, 9.17) is 0 Å². The molecule has 0 aliphatic rings. The number of nitrogens with zero attached hydrogens (tertiary/aromatic N) is 1. The van der Waals surface area contributed by atoms with E-state index >= 15 is 0 Å². The van der Waals surface area contributed by atoms with Gasteiger partial charge in [0.05, 0.1) is 12.8 Å². The number of ketones is 1. The number of amides is 1. The van der Waals surface area contributed by atoms with Gasteiger partial charge in [-0.15, -0.1) is 0 Å². The minimum Gasteiger partial charge on any atom is -0.453 e. The predicted octanol–water partition coefficient (Wildman–Crippen LogP) is 2.67. The van der Waals surface area contributed by atoms with Gasteiger partial charge in [0.25, 0.3) is 0 Å². The lowest BCUT2D eigenvalue weighted by Crippen LogP contribution is -2.22. The van der Waals surface area contributed by atoms with E-state index in [1.54, 1.807) is 0 Å². The Morgan fingerprint density at radius 3 is 2.57 bits per heavy atom. The molecule has 0 spiro atoms.